The van der Waals surface area contributed by atoms with Crippen molar-refractivity contribution in [3.63, 3.8) is 0 Å². The molecule has 2 N–H and O–H groups in total. The molecule has 6 heteroatoms. The number of likely N-dealkylation sites (N-methyl/N-ethyl adjacent to an activating group) is 1. The second-order valence-corrected chi connectivity index (χ2v) is 6.31. The van der Waals surface area contributed by atoms with Crippen LogP contribution >= 0.6 is 24.0 Å². The smallest absolute Gasteiger partial charge is 0.230 e. The van der Waals surface area contributed by atoms with Crippen molar-refractivity contribution in [2.75, 3.05) is 26.3 Å². The molecule has 23 heavy (non-hydrogen) atoms. The summed E-state index contributed by atoms with van der Waals surface area (Å²) in [7, 11) is 0. The zero-order valence-electron chi connectivity index (χ0n) is 13.7. The normalized spacial score (nSPS) is 17.9. The molecule has 1 amide bonds. The number of hydrogen-bond acceptors (Lipinski definition) is 3. The summed E-state index contributed by atoms with van der Waals surface area (Å²) >= 11 is 6.13. The molecular weight excluding hydrogens is 335 g/mol. The van der Waals surface area contributed by atoms with Gasteiger partial charge in [0.1, 0.15) is 0 Å². The standard InChI is InChI=1S/C17H25ClN2O2.ClH/c1-3-19-13(2)12-20-16(21)17(7-9-22-10-8-17)14-5-4-6-15(18)11-14;/h4-6,11,13,19H,3,7-10,12H2,1-2H3,(H,20,21);1H/t13-;/m1./s1. The van der Waals surface area contributed by atoms with Crippen molar-refractivity contribution in [3.8, 4) is 0 Å². The summed E-state index contributed by atoms with van der Waals surface area (Å²) in [5.41, 5.74) is 0.451. The first-order valence-corrected chi connectivity index (χ1v) is 8.32. The second kappa shape index (κ2) is 9.48. The van der Waals surface area contributed by atoms with Crippen molar-refractivity contribution in [2.45, 2.75) is 38.1 Å². The van der Waals surface area contributed by atoms with Gasteiger partial charge in [-0.25, -0.2) is 0 Å². The lowest BCUT2D eigenvalue weighted by atomic mass is 9.73. The van der Waals surface area contributed by atoms with Crippen molar-refractivity contribution >= 4 is 29.9 Å². The van der Waals surface area contributed by atoms with E-state index in [0.717, 1.165) is 12.1 Å². The van der Waals surface area contributed by atoms with Crippen LogP contribution < -0.4 is 10.6 Å². The van der Waals surface area contributed by atoms with Gasteiger partial charge in [-0.2, -0.15) is 0 Å². The first-order valence-electron chi connectivity index (χ1n) is 7.94. The summed E-state index contributed by atoms with van der Waals surface area (Å²) < 4.78 is 5.47. The number of carbonyl (C=O) groups is 1. The predicted octanol–water partition coefficient (Wildman–Crippen LogP) is 2.92. The Morgan fingerprint density at radius 2 is 2.09 bits per heavy atom. The lowest BCUT2D eigenvalue weighted by molar-refractivity contribution is -0.130. The molecule has 0 spiro atoms. The van der Waals surface area contributed by atoms with Gasteiger partial charge in [-0.15, -0.1) is 12.4 Å². The molecule has 0 radical (unpaired) electrons. The number of carbonyl (C=O) groups excluding carboxylic acids is 1. The number of benzene rings is 1. The lowest BCUT2D eigenvalue weighted by Gasteiger charge is -2.36. The van der Waals surface area contributed by atoms with Crippen LogP contribution in [0.25, 0.3) is 0 Å². The van der Waals surface area contributed by atoms with Crippen molar-refractivity contribution in [1.82, 2.24) is 10.6 Å². The summed E-state index contributed by atoms with van der Waals surface area (Å²) in [5.74, 6) is 0.0721. The maximum absolute atomic E-state index is 12.9. The Kier molecular flexibility index (Phi) is 8.34. The highest BCUT2D eigenvalue weighted by Crippen LogP contribution is 2.36. The van der Waals surface area contributed by atoms with E-state index in [-0.39, 0.29) is 24.4 Å². The van der Waals surface area contributed by atoms with Crippen LogP contribution in [0, 0.1) is 0 Å². The van der Waals surface area contributed by atoms with Crippen molar-refractivity contribution in [3.05, 3.63) is 34.9 Å². The van der Waals surface area contributed by atoms with Crippen molar-refractivity contribution in [2.24, 2.45) is 0 Å². The van der Waals surface area contributed by atoms with Crippen LogP contribution in [0.5, 0.6) is 0 Å². The first kappa shape index (κ1) is 20.2. The molecule has 2 rings (SSSR count). The number of halogens is 2. The highest BCUT2D eigenvalue weighted by molar-refractivity contribution is 6.30. The molecule has 130 valence electrons. The Hall–Kier alpha value is -0.810. The largest absolute Gasteiger partial charge is 0.381 e. The van der Waals surface area contributed by atoms with Crippen LogP contribution in [0.15, 0.2) is 24.3 Å². The van der Waals surface area contributed by atoms with Gasteiger partial charge in [-0.05, 0) is 44.0 Å². The van der Waals surface area contributed by atoms with E-state index >= 15 is 0 Å². The third kappa shape index (κ3) is 5.08. The average Bonchev–Trinajstić information content (AvgIpc) is 2.53. The molecule has 1 aliphatic rings. The molecule has 0 saturated carbocycles. The van der Waals surface area contributed by atoms with Gasteiger partial charge in [0.25, 0.3) is 0 Å². The van der Waals surface area contributed by atoms with E-state index in [1.54, 1.807) is 0 Å². The SMILES string of the molecule is CCN[C@H](C)CNC(=O)C1(c2cccc(Cl)c2)CCOCC1.Cl. The van der Waals surface area contributed by atoms with E-state index in [1.807, 2.05) is 24.3 Å². The number of amides is 1. The maximum Gasteiger partial charge on any atom is 0.230 e. The number of ether oxygens (including phenoxy) is 1. The summed E-state index contributed by atoms with van der Waals surface area (Å²) in [5, 5.41) is 7.06. The topological polar surface area (TPSA) is 50.4 Å². The van der Waals surface area contributed by atoms with E-state index in [2.05, 4.69) is 24.5 Å². The molecule has 0 aliphatic carbocycles. The Morgan fingerprint density at radius 3 is 2.70 bits per heavy atom. The van der Waals surface area contributed by atoms with Crippen LogP contribution in [0.3, 0.4) is 0 Å². The summed E-state index contributed by atoms with van der Waals surface area (Å²) in [6.07, 6.45) is 1.38. The van der Waals surface area contributed by atoms with E-state index in [0.29, 0.717) is 37.6 Å². The van der Waals surface area contributed by atoms with E-state index < -0.39 is 5.41 Å². The monoisotopic (exact) mass is 360 g/mol. The van der Waals surface area contributed by atoms with Gasteiger partial charge in [-0.3, -0.25) is 4.79 Å². The fourth-order valence-electron chi connectivity index (χ4n) is 2.99. The van der Waals surface area contributed by atoms with E-state index in [9.17, 15) is 4.79 Å². The Bertz CT molecular complexity index is 505. The quantitative estimate of drug-likeness (QED) is 0.819. The molecule has 1 heterocycles. The van der Waals surface area contributed by atoms with Crippen LogP contribution in [0.1, 0.15) is 32.3 Å². The lowest BCUT2D eigenvalue weighted by Crippen LogP contribution is -2.50. The second-order valence-electron chi connectivity index (χ2n) is 5.87. The summed E-state index contributed by atoms with van der Waals surface area (Å²) in [6, 6.07) is 7.89. The van der Waals surface area contributed by atoms with Crippen LogP contribution in [0.2, 0.25) is 5.02 Å². The molecule has 1 aliphatic heterocycles. The Morgan fingerprint density at radius 1 is 1.39 bits per heavy atom. The van der Waals surface area contributed by atoms with Gasteiger partial charge in [0.2, 0.25) is 5.91 Å². The third-order valence-corrected chi connectivity index (χ3v) is 4.51. The Labute approximate surface area is 149 Å². The predicted molar refractivity (Wildman–Crippen MR) is 96.6 cm³/mol. The minimum absolute atomic E-state index is 0. The highest BCUT2D eigenvalue weighted by atomic mass is 35.5. The maximum atomic E-state index is 12.9. The number of hydrogen-bond donors (Lipinski definition) is 2. The fraction of sp³-hybridized carbons (Fsp3) is 0.588. The molecular formula is C17H26Cl2N2O2. The van der Waals surface area contributed by atoms with Crippen molar-refractivity contribution in [1.29, 1.82) is 0 Å². The van der Waals surface area contributed by atoms with Gasteiger partial charge >= 0.3 is 0 Å². The molecule has 1 atom stereocenters. The molecule has 1 aromatic carbocycles. The van der Waals surface area contributed by atoms with Crippen LogP contribution in [-0.2, 0) is 14.9 Å². The number of rotatable bonds is 6. The summed E-state index contributed by atoms with van der Waals surface area (Å²) in [6.45, 7) is 6.84. The van der Waals surface area contributed by atoms with Gasteiger partial charge in [-0.1, -0.05) is 30.7 Å². The first-order chi connectivity index (χ1) is 10.6. The zero-order chi connectivity index (χ0) is 16.0. The van der Waals surface area contributed by atoms with Gasteiger partial charge in [0, 0.05) is 30.8 Å². The van der Waals surface area contributed by atoms with Crippen molar-refractivity contribution < 1.29 is 9.53 Å². The van der Waals surface area contributed by atoms with E-state index in [1.165, 1.54) is 0 Å². The molecule has 4 nitrogen and oxygen atoms in total. The molecule has 1 saturated heterocycles. The van der Waals surface area contributed by atoms with Gasteiger partial charge in [0.05, 0.1) is 5.41 Å². The molecule has 0 bridgehead atoms. The third-order valence-electron chi connectivity index (χ3n) is 4.28. The Balaban J connectivity index is 0.00000264. The molecule has 1 fully saturated rings. The van der Waals surface area contributed by atoms with Crippen LogP contribution in [-0.4, -0.2) is 38.3 Å². The fourth-order valence-corrected chi connectivity index (χ4v) is 3.18. The molecule has 0 aromatic heterocycles. The van der Waals surface area contributed by atoms with Gasteiger partial charge < -0.3 is 15.4 Å². The van der Waals surface area contributed by atoms with Crippen LogP contribution in [0.4, 0.5) is 0 Å². The minimum Gasteiger partial charge on any atom is -0.381 e. The summed E-state index contributed by atoms with van der Waals surface area (Å²) in [4.78, 5) is 12.9. The molecule has 1 aromatic rings. The average molecular weight is 361 g/mol. The zero-order valence-corrected chi connectivity index (χ0v) is 15.3. The number of nitrogens with one attached hydrogen (secondary N) is 2. The van der Waals surface area contributed by atoms with Gasteiger partial charge in [0.15, 0.2) is 0 Å². The van der Waals surface area contributed by atoms with E-state index in [4.69, 9.17) is 16.3 Å². The highest BCUT2D eigenvalue weighted by Gasteiger charge is 2.41. The molecule has 0 unspecified atom stereocenters. The minimum atomic E-state index is -0.533.